The number of benzene rings is 3. The van der Waals surface area contributed by atoms with Gasteiger partial charge in [-0.3, -0.25) is 14.6 Å². The SMILES string of the molecule is Cc1ccccc1C(=O)COc1ccc(C(CN)C(=O)Nc2ccc3cnccc3c2)cc1. The molecule has 166 valence electrons. The zero-order valence-corrected chi connectivity index (χ0v) is 18.3. The lowest BCUT2D eigenvalue weighted by Crippen LogP contribution is -2.27. The number of ketones is 1. The average molecular weight is 440 g/mol. The summed E-state index contributed by atoms with van der Waals surface area (Å²) in [6.45, 7) is 2.01. The van der Waals surface area contributed by atoms with E-state index in [4.69, 9.17) is 10.5 Å². The van der Waals surface area contributed by atoms with Crippen molar-refractivity contribution in [3.8, 4) is 5.75 Å². The molecular formula is C27H25N3O3. The van der Waals surface area contributed by atoms with Crippen molar-refractivity contribution < 1.29 is 14.3 Å². The van der Waals surface area contributed by atoms with Gasteiger partial charge in [-0.2, -0.15) is 0 Å². The molecule has 33 heavy (non-hydrogen) atoms. The highest BCUT2D eigenvalue weighted by Crippen LogP contribution is 2.23. The van der Waals surface area contributed by atoms with Crippen molar-refractivity contribution in [2.45, 2.75) is 12.8 Å². The highest BCUT2D eigenvalue weighted by atomic mass is 16.5. The summed E-state index contributed by atoms with van der Waals surface area (Å²) in [6, 6.07) is 22.1. The van der Waals surface area contributed by atoms with E-state index in [1.54, 1.807) is 42.7 Å². The number of amides is 1. The number of anilines is 1. The third-order valence-electron chi connectivity index (χ3n) is 5.56. The topological polar surface area (TPSA) is 94.3 Å². The number of nitrogens with zero attached hydrogens (tertiary/aromatic N) is 1. The van der Waals surface area contributed by atoms with Gasteiger partial charge in [-0.15, -0.1) is 0 Å². The number of aryl methyl sites for hydroxylation is 1. The Balaban J connectivity index is 1.40. The highest BCUT2D eigenvalue weighted by Gasteiger charge is 2.19. The first-order valence-corrected chi connectivity index (χ1v) is 10.7. The molecule has 1 atom stereocenters. The minimum atomic E-state index is -0.513. The fourth-order valence-electron chi connectivity index (χ4n) is 3.69. The number of carbonyl (C=O) groups is 2. The number of rotatable bonds is 8. The first-order valence-electron chi connectivity index (χ1n) is 10.7. The maximum absolute atomic E-state index is 12.9. The summed E-state index contributed by atoms with van der Waals surface area (Å²) >= 11 is 0. The summed E-state index contributed by atoms with van der Waals surface area (Å²) in [5.41, 5.74) is 8.97. The molecule has 1 unspecified atom stereocenters. The summed E-state index contributed by atoms with van der Waals surface area (Å²) in [5.74, 6) is -0.224. The number of fused-ring (bicyclic) bond motifs is 1. The zero-order valence-electron chi connectivity index (χ0n) is 18.3. The second kappa shape index (κ2) is 10.1. The number of Topliss-reactive ketones (excluding diaryl/α,β-unsaturated/α-hetero) is 1. The number of nitrogens with one attached hydrogen (secondary N) is 1. The number of nitrogens with two attached hydrogens (primary N) is 1. The first kappa shape index (κ1) is 22.2. The monoisotopic (exact) mass is 439 g/mol. The molecule has 3 aromatic carbocycles. The van der Waals surface area contributed by atoms with Crippen LogP contribution in [0.2, 0.25) is 0 Å². The molecule has 0 aliphatic heterocycles. The summed E-state index contributed by atoms with van der Waals surface area (Å²) < 4.78 is 5.66. The number of ether oxygens (including phenoxy) is 1. The first-order chi connectivity index (χ1) is 16.0. The van der Waals surface area contributed by atoms with Crippen LogP contribution in [0.1, 0.15) is 27.4 Å². The molecule has 4 aromatic rings. The second-order valence-electron chi connectivity index (χ2n) is 7.81. The standard InChI is InChI=1S/C27H25N3O3/c1-18-4-2-3-5-24(18)26(31)17-33-23-10-7-19(8-11-23)25(15-28)27(32)30-22-9-6-21-16-29-13-12-20(21)14-22/h2-14,16,25H,15,17,28H2,1H3,(H,30,32). The molecule has 1 aromatic heterocycles. The average Bonchev–Trinajstić information content (AvgIpc) is 2.84. The molecule has 3 N–H and O–H groups in total. The number of hydrogen-bond acceptors (Lipinski definition) is 5. The Morgan fingerprint density at radius 2 is 1.79 bits per heavy atom. The Bertz CT molecular complexity index is 1290. The van der Waals surface area contributed by atoms with E-state index >= 15 is 0 Å². The molecular weight excluding hydrogens is 414 g/mol. The van der Waals surface area contributed by atoms with Crippen molar-refractivity contribution in [3.63, 3.8) is 0 Å². The third-order valence-corrected chi connectivity index (χ3v) is 5.56. The molecule has 4 rings (SSSR count). The fraction of sp³-hybridized carbons (Fsp3) is 0.148. The van der Waals surface area contributed by atoms with Crippen molar-refractivity contribution >= 4 is 28.2 Å². The van der Waals surface area contributed by atoms with Gasteiger partial charge in [0.15, 0.2) is 12.4 Å². The summed E-state index contributed by atoms with van der Waals surface area (Å²) in [4.78, 5) is 29.4. The lowest BCUT2D eigenvalue weighted by atomic mass is 9.98. The molecule has 0 bridgehead atoms. The van der Waals surface area contributed by atoms with E-state index < -0.39 is 5.92 Å². The Kier molecular flexibility index (Phi) is 6.76. The van der Waals surface area contributed by atoms with Crippen molar-refractivity contribution in [1.82, 2.24) is 4.98 Å². The van der Waals surface area contributed by atoms with E-state index in [2.05, 4.69) is 10.3 Å². The van der Waals surface area contributed by atoms with E-state index in [1.807, 2.05) is 49.4 Å². The van der Waals surface area contributed by atoms with Crippen LogP contribution in [0.15, 0.2) is 85.2 Å². The summed E-state index contributed by atoms with van der Waals surface area (Å²) in [5, 5.41) is 4.94. The maximum atomic E-state index is 12.9. The van der Waals surface area contributed by atoms with Crippen LogP contribution in [0.3, 0.4) is 0 Å². The minimum Gasteiger partial charge on any atom is -0.485 e. The van der Waals surface area contributed by atoms with Crippen molar-refractivity contribution in [2.24, 2.45) is 5.73 Å². The van der Waals surface area contributed by atoms with Gasteiger partial charge in [0.1, 0.15) is 5.75 Å². The van der Waals surface area contributed by atoms with Crippen LogP contribution in [0.25, 0.3) is 10.8 Å². The smallest absolute Gasteiger partial charge is 0.233 e. The van der Waals surface area contributed by atoms with Crippen LogP contribution in [0, 0.1) is 6.92 Å². The Hall–Kier alpha value is -4.03. The van der Waals surface area contributed by atoms with Crippen LogP contribution < -0.4 is 15.8 Å². The van der Waals surface area contributed by atoms with Crippen molar-refractivity contribution in [1.29, 1.82) is 0 Å². The molecule has 1 heterocycles. The highest BCUT2D eigenvalue weighted by molar-refractivity contribution is 5.99. The van der Waals surface area contributed by atoms with Gasteiger partial charge in [0.2, 0.25) is 5.91 Å². The van der Waals surface area contributed by atoms with Gasteiger partial charge >= 0.3 is 0 Å². The third kappa shape index (κ3) is 5.25. The molecule has 0 saturated carbocycles. The number of pyridine rings is 1. The Morgan fingerprint density at radius 3 is 2.55 bits per heavy atom. The van der Waals surface area contributed by atoms with Crippen LogP contribution >= 0.6 is 0 Å². The maximum Gasteiger partial charge on any atom is 0.233 e. The molecule has 6 heteroatoms. The summed E-state index contributed by atoms with van der Waals surface area (Å²) in [7, 11) is 0. The predicted octanol–water partition coefficient (Wildman–Crippen LogP) is 4.49. The Labute approximate surface area is 192 Å². The fourth-order valence-corrected chi connectivity index (χ4v) is 3.69. The van der Waals surface area contributed by atoms with Crippen LogP contribution in [0.5, 0.6) is 5.75 Å². The van der Waals surface area contributed by atoms with E-state index in [0.717, 1.165) is 21.9 Å². The zero-order chi connectivity index (χ0) is 23.2. The molecule has 0 aliphatic rings. The quantitative estimate of drug-likeness (QED) is 0.395. The molecule has 0 saturated heterocycles. The molecule has 6 nitrogen and oxygen atoms in total. The van der Waals surface area contributed by atoms with Gasteiger partial charge in [-0.25, -0.2) is 0 Å². The lowest BCUT2D eigenvalue weighted by Gasteiger charge is -2.16. The van der Waals surface area contributed by atoms with Crippen LogP contribution in [-0.2, 0) is 4.79 Å². The molecule has 0 radical (unpaired) electrons. The number of carbonyl (C=O) groups excluding carboxylic acids is 2. The van der Waals surface area contributed by atoms with E-state index in [0.29, 0.717) is 17.0 Å². The summed E-state index contributed by atoms with van der Waals surface area (Å²) in [6.07, 6.45) is 3.50. The van der Waals surface area contributed by atoms with E-state index in [9.17, 15) is 9.59 Å². The second-order valence-corrected chi connectivity index (χ2v) is 7.81. The van der Waals surface area contributed by atoms with Gasteiger partial charge in [-0.05, 0) is 53.8 Å². The largest absolute Gasteiger partial charge is 0.485 e. The van der Waals surface area contributed by atoms with Crippen LogP contribution in [-0.4, -0.2) is 29.8 Å². The van der Waals surface area contributed by atoms with Gasteiger partial charge in [0.05, 0.1) is 5.92 Å². The van der Waals surface area contributed by atoms with Crippen molar-refractivity contribution in [2.75, 3.05) is 18.5 Å². The molecule has 0 fully saturated rings. The van der Waals surface area contributed by atoms with Gasteiger partial charge in [-0.1, -0.05) is 42.5 Å². The minimum absolute atomic E-state index is 0.0531. The molecule has 0 spiro atoms. The van der Waals surface area contributed by atoms with E-state index in [-0.39, 0.29) is 24.8 Å². The van der Waals surface area contributed by atoms with Crippen molar-refractivity contribution in [3.05, 3.63) is 102 Å². The van der Waals surface area contributed by atoms with Gasteiger partial charge < -0.3 is 15.8 Å². The molecule has 0 aliphatic carbocycles. The van der Waals surface area contributed by atoms with Crippen LogP contribution in [0.4, 0.5) is 5.69 Å². The van der Waals surface area contributed by atoms with Gasteiger partial charge in [0.25, 0.3) is 0 Å². The molecule has 1 amide bonds. The van der Waals surface area contributed by atoms with E-state index in [1.165, 1.54) is 0 Å². The van der Waals surface area contributed by atoms with Gasteiger partial charge in [0, 0.05) is 35.6 Å². The lowest BCUT2D eigenvalue weighted by molar-refractivity contribution is -0.117. The normalized spacial score (nSPS) is 11.7. The number of hydrogen-bond donors (Lipinski definition) is 2. The Morgan fingerprint density at radius 1 is 1.00 bits per heavy atom. The predicted molar refractivity (Wildman–Crippen MR) is 130 cm³/mol. The number of aromatic nitrogens is 1.